The van der Waals surface area contributed by atoms with E-state index in [4.69, 9.17) is 15.3 Å². The smallest absolute Gasteiger partial charge is 0.435 e. The zero-order valence-corrected chi connectivity index (χ0v) is 19.2. The summed E-state index contributed by atoms with van der Waals surface area (Å²) < 4.78 is 48.0. The number of ether oxygens (including phenoxy) is 1. The van der Waals surface area contributed by atoms with Gasteiger partial charge < -0.3 is 15.3 Å². The molecule has 1 unspecified atom stereocenters. The minimum Gasteiger partial charge on any atom is -0.465 e. The predicted molar refractivity (Wildman–Crippen MR) is 118 cm³/mol. The Morgan fingerprint density at radius 2 is 2.00 bits per heavy atom. The van der Waals surface area contributed by atoms with Gasteiger partial charge >= 0.3 is 6.18 Å². The topological polar surface area (TPSA) is 86.3 Å². The SMILES string of the molecule is CCO/C(N)=N\C(=O)c1ccc(C2=NOC(c3cc(C)cc(Br)c3)(C(F)(F)F)C2)cc1C. The third-order valence-electron chi connectivity index (χ3n) is 4.99. The van der Waals surface area contributed by atoms with E-state index in [1.165, 1.54) is 24.3 Å². The maximum atomic E-state index is 14.2. The standard InChI is InChI=1S/C22H21BrF3N3O3/c1-4-31-20(27)28-19(30)17-6-5-14(9-13(17)3)18-11-21(32-29-18,22(24,25)26)15-7-12(2)8-16(23)10-15/h5-10H,4,11H2,1-3H3,(H2,27,28,30). The number of amidine groups is 1. The van der Waals surface area contributed by atoms with E-state index in [1.807, 2.05) is 0 Å². The van der Waals surface area contributed by atoms with Crippen molar-refractivity contribution in [2.45, 2.75) is 39.0 Å². The first-order valence-electron chi connectivity index (χ1n) is 9.68. The minimum atomic E-state index is -4.71. The molecule has 2 N–H and O–H groups in total. The summed E-state index contributed by atoms with van der Waals surface area (Å²) >= 11 is 3.25. The number of nitrogens with zero attached hydrogens (tertiary/aromatic N) is 2. The van der Waals surface area contributed by atoms with Crippen molar-refractivity contribution in [3.63, 3.8) is 0 Å². The maximum Gasteiger partial charge on any atom is 0.435 e. The molecule has 1 aliphatic heterocycles. The highest BCUT2D eigenvalue weighted by Crippen LogP contribution is 2.49. The zero-order valence-electron chi connectivity index (χ0n) is 17.6. The Hall–Kier alpha value is -2.88. The number of alkyl halides is 3. The molecule has 1 heterocycles. The number of halogens is 4. The van der Waals surface area contributed by atoms with Crippen molar-refractivity contribution >= 4 is 33.6 Å². The molecule has 1 aliphatic rings. The van der Waals surface area contributed by atoms with Crippen LogP contribution in [0.25, 0.3) is 0 Å². The molecule has 0 saturated heterocycles. The van der Waals surface area contributed by atoms with E-state index in [2.05, 4.69) is 26.1 Å². The summed E-state index contributed by atoms with van der Waals surface area (Å²) in [7, 11) is 0. The Balaban J connectivity index is 1.93. The molecule has 0 aromatic heterocycles. The van der Waals surface area contributed by atoms with Gasteiger partial charge in [0.15, 0.2) is 0 Å². The van der Waals surface area contributed by atoms with E-state index >= 15 is 0 Å². The molecule has 0 saturated carbocycles. The second kappa shape index (κ2) is 8.93. The van der Waals surface area contributed by atoms with Crippen molar-refractivity contribution in [3.8, 4) is 0 Å². The normalized spacial score (nSPS) is 18.8. The van der Waals surface area contributed by atoms with Gasteiger partial charge in [-0.15, -0.1) is 0 Å². The molecule has 10 heteroatoms. The van der Waals surface area contributed by atoms with Crippen LogP contribution in [0.2, 0.25) is 0 Å². The number of aliphatic imine (C=N–C) groups is 1. The monoisotopic (exact) mass is 511 g/mol. The number of oxime groups is 1. The fraction of sp³-hybridized carbons (Fsp3) is 0.318. The lowest BCUT2D eigenvalue weighted by Gasteiger charge is -2.30. The summed E-state index contributed by atoms with van der Waals surface area (Å²) in [6, 6.07) is 8.82. The largest absolute Gasteiger partial charge is 0.465 e. The Bertz CT molecular complexity index is 1100. The van der Waals surface area contributed by atoms with Crippen molar-refractivity contribution in [1.82, 2.24) is 0 Å². The highest BCUT2D eigenvalue weighted by Gasteiger charge is 2.62. The number of aryl methyl sites for hydroxylation is 2. The molecule has 1 atom stereocenters. The highest BCUT2D eigenvalue weighted by molar-refractivity contribution is 9.10. The summed E-state index contributed by atoms with van der Waals surface area (Å²) in [5.41, 5.74) is 4.82. The highest BCUT2D eigenvalue weighted by atomic mass is 79.9. The van der Waals surface area contributed by atoms with Crippen LogP contribution in [-0.4, -0.2) is 30.4 Å². The van der Waals surface area contributed by atoms with E-state index in [-0.39, 0.29) is 29.5 Å². The summed E-state index contributed by atoms with van der Waals surface area (Å²) in [4.78, 5) is 21.1. The van der Waals surface area contributed by atoms with Crippen LogP contribution in [-0.2, 0) is 15.2 Å². The van der Waals surface area contributed by atoms with Gasteiger partial charge in [-0.3, -0.25) is 4.79 Å². The van der Waals surface area contributed by atoms with Crippen LogP contribution in [0.4, 0.5) is 13.2 Å². The molecule has 170 valence electrons. The van der Waals surface area contributed by atoms with Gasteiger partial charge in [-0.2, -0.15) is 18.2 Å². The number of carbonyl (C=O) groups excluding carboxylic acids is 1. The summed E-state index contributed by atoms with van der Waals surface area (Å²) in [5, 5.41) is 3.78. The van der Waals surface area contributed by atoms with Crippen molar-refractivity contribution in [2.24, 2.45) is 15.9 Å². The number of rotatable bonds is 4. The molecule has 0 fully saturated rings. The molecule has 0 spiro atoms. The van der Waals surface area contributed by atoms with Crippen LogP contribution < -0.4 is 5.73 Å². The Labute approximate surface area is 191 Å². The second-order valence-corrected chi connectivity index (χ2v) is 8.28. The first-order valence-corrected chi connectivity index (χ1v) is 10.5. The van der Waals surface area contributed by atoms with E-state index < -0.39 is 24.1 Å². The van der Waals surface area contributed by atoms with Crippen LogP contribution in [0.15, 0.2) is 51.0 Å². The van der Waals surface area contributed by atoms with Gasteiger partial charge in [-0.1, -0.05) is 33.2 Å². The molecular formula is C22H21BrF3N3O3. The Morgan fingerprint density at radius 3 is 2.59 bits per heavy atom. The first kappa shape index (κ1) is 23.8. The molecule has 0 aliphatic carbocycles. The molecule has 3 rings (SSSR count). The summed E-state index contributed by atoms with van der Waals surface area (Å²) in [6.45, 7) is 5.32. The van der Waals surface area contributed by atoms with Gasteiger partial charge in [-0.05, 0) is 61.7 Å². The van der Waals surface area contributed by atoms with Crippen molar-refractivity contribution in [2.75, 3.05) is 6.61 Å². The lowest BCUT2D eigenvalue weighted by Crippen LogP contribution is -2.42. The van der Waals surface area contributed by atoms with Crippen LogP contribution >= 0.6 is 15.9 Å². The number of amides is 1. The average Bonchev–Trinajstić information content (AvgIpc) is 3.14. The zero-order chi connectivity index (χ0) is 23.7. The lowest BCUT2D eigenvalue weighted by molar-refractivity contribution is -0.275. The fourth-order valence-corrected chi connectivity index (χ4v) is 4.06. The quantitative estimate of drug-likeness (QED) is 0.454. The van der Waals surface area contributed by atoms with Crippen LogP contribution in [0.5, 0.6) is 0 Å². The molecule has 1 amide bonds. The molecule has 2 aromatic carbocycles. The molecule has 6 nitrogen and oxygen atoms in total. The third kappa shape index (κ3) is 4.64. The van der Waals surface area contributed by atoms with Crippen molar-refractivity contribution in [3.05, 3.63) is 68.7 Å². The van der Waals surface area contributed by atoms with Gasteiger partial charge in [0.2, 0.25) is 0 Å². The minimum absolute atomic E-state index is 0.0418. The average molecular weight is 512 g/mol. The Kier molecular flexibility index (Phi) is 6.64. The van der Waals surface area contributed by atoms with E-state index in [0.717, 1.165) is 0 Å². The van der Waals surface area contributed by atoms with Crippen molar-refractivity contribution in [1.29, 1.82) is 0 Å². The lowest BCUT2D eigenvalue weighted by atomic mass is 9.85. The number of hydrogen-bond acceptors (Lipinski definition) is 4. The predicted octanol–water partition coefficient (Wildman–Crippen LogP) is 5.14. The molecular weight excluding hydrogens is 491 g/mol. The molecule has 0 bridgehead atoms. The van der Waals surface area contributed by atoms with Gasteiger partial charge in [0.25, 0.3) is 17.5 Å². The van der Waals surface area contributed by atoms with Gasteiger partial charge in [0.05, 0.1) is 12.3 Å². The van der Waals surface area contributed by atoms with Crippen LogP contribution in [0.3, 0.4) is 0 Å². The number of carbonyl (C=O) groups is 1. The second-order valence-electron chi connectivity index (χ2n) is 7.37. The molecule has 32 heavy (non-hydrogen) atoms. The molecule has 0 radical (unpaired) electrons. The van der Waals surface area contributed by atoms with E-state index in [1.54, 1.807) is 32.9 Å². The number of nitrogens with two attached hydrogens (primary N) is 1. The van der Waals surface area contributed by atoms with Gasteiger partial charge in [-0.25, -0.2) is 0 Å². The Morgan fingerprint density at radius 1 is 1.28 bits per heavy atom. The van der Waals surface area contributed by atoms with Crippen LogP contribution in [0.1, 0.15) is 46.0 Å². The molecule has 2 aromatic rings. The number of hydrogen-bond donors (Lipinski definition) is 1. The number of benzene rings is 2. The summed E-state index contributed by atoms with van der Waals surface area (Å²) in [6.07, 6.45) is -5.21. The van der Waals surface area contributed by atoms with Crippen LogP contribution in [0, 0.1) is 13.8 Å². The van der Waals surface area contributed by atoms with Gasteiger partial charge in [0.1, 0.15) is 0 Å². The summed E-state index contributed by atoms with van der Waals surface area (Å²) in [5.74, 6) is -0.612. The maximum absolute atomic E-state index is 14.2. The fourth-order valence-electron chi connectivity index (χ4n) is 3.45. The van der Waals surface area contributed by atoms with Gasteiger partial charge in [0, 0.05) is 22.0 Å². The van der Waals surface area contributed by atoms with E-state index in [0.29, 0.717) is 21.2 Å². The van der Waals surface area contributed by atoms with E-state index in [9.17, 15) is 18.0 Å². The first-order chi connectivity index (χ1) is 15.0. The third-order valence-corrected chi connectivity index (χ3v) is 5.45. The van der Waals surface area contributed by atoms with Crippen molar-refractivity contribution < 1.29 is 27.5 Å².